The van der Waals surface area contributed by atoms with Gasteiger partial charge in [0.25, 0.3) is 5.91 Å². The molecule has 1 atom stereocenters. The van der Waals surface area contributed by atoms with Gasteiger partial charge in [-0.2, -0.15) is 0 Å². The zero-order valence-corrected chi connectivity index (χ0v) is 11.0. The maximum absolute atomic E-state index is 11.8. The molecule has 1 aromatic rings. The zero-order valence-electron chi connectivity index (χ0n) is 9.54. The molecule has 1 aromatic carbocycles. The number of carbonyl (C=O) groups is 2. The summed E-state index contributed by atoms with van der Waals surface area (Å²) in [5.74, 6) is -0.427. The van der Waals surface area contributed by atoms with Crippen LogP contribution in [0.5, 0.6) is 0 Å². The van der Waals surface area contributed by atoms with Crippen LogP contribution in [-0.2, 0) is 4.79 Å². The monoisotopic (exact) mass is 273 g/mol. The largest absolute Gasteiger partial charge is 0.341 e. The van der Waals surface area contributed by atoms with Gasteiger partial charge < -0.3 is 5.32 Å². The molecule has 0 aliphatic rings. The Morgan fingerprint density at radius 3 is 2.41 bits per heavy atom. The summed E-state index contributed by atoms with van der Waals surface area (Å²) in [5, 5.41) is 2.48. The number of halogens is 2. The van der Waals surface area contributed by atoms with E-state index in [0.717, 1.165) is 0 Å². The Morgan fingerprint density at radius 2 is 1.94 bits per heavy atom. The fraction of sp³-hybridized carbons (Fsp3) is 0.333. The Labute approximate surface area is 110 Å². The first kappa shape index (κ1) is 14.0. The average Bonchev–Trinajstić information content (AvgIpc) is 2.24. The van der Waals surface area contributed by atoms with E-state index in [1.165, 1.54) is 6.07 Å². The Balaban J connectivity index is 2.81. The second kappa shape index (κ2) is 6.03. The van der Waals surface area contributed by atoms with E-state index in [9.17, 15) is 9.59 Å². The fourth-order valence-corrected chi connectivity index (χ4v) is 1.84. The molecule has 1 rings (SSSR count). The molecule has 0 radical (unpaired) electrons. The van der Waals surface area contributed by atoms with Crippen LogP contribution in [0, 0.1) is 5.92 Å². The predicted octanol–water partition coefficient (Wildman–Crippen LogP) is 2.86. The quantitative estimate of drug-likeness (QED) is 0.858. The van der Waals surface area contributed by atoms with E-state index >= 15 is 0 Å². The van der Waals surface area contributed by atoms with E-state index in [0.29, 0.717) is 10.6 Å². The van der Waals surface area contributed by atoms with Crippen LogP contribution in [0.25, 0.3) is 0 Å². The summed E-state index contributed by atoms with van der Waals surface area (Å²) in [7, 11) is 0. The van der Waals surface area contributed by atoms with Crippen molar-refractivity contribution in [2.75, 3.05) is 0 Å². The Hall–Kier alpha value is -1.06. The normalized spacial score (nSPS) is 12.3. The molecule has 0 heterocycles. The Kier molecular flexibility index (Phi) is 4.97. The summed E-state index contributed by atoms with van der Waals surface area (Å²) in [5.41, 5.74) is 0.404. The van der Waals surface area contributed by atoms with E-state index in [-0.39, 0.29) is 11.8 Å². The maximum Gasteiger partial charge on any atom is 0.251 e. The number of amides is 1. The molecule has 0 aromatic heterocycles. The van der Waals surface area contributed by atoms with Gasteiger partial charge in [-0.15, -0.1) is 0 Å². The molecular formula is C12H13Cl2NO2. The first-order valence-electron chi connectivity index (χ1n) is 5.17. The summed E-state index contributed by atoms with van der Waals surface area (Å²) in [6.45, 7) is 3.62. The minimum atomic E-state index is -0.692. The topological polar surface area (TPSA) is 46.2 Å². The predicted molar refractivity (Wildman–Crippen MR) is 68.4 cm³/mol. The lowest BCUT2D eigenvalue weighted by Gasteiger charge is -2.18. The van der Waals surface area contributed by atoms with Crippen molar-refractivity contribution >= 4 is 34.4 Å². The molecule has 3 nitrogen and oxygen atoms in total. The highest BCUT2D eigenvalue weighted by atomic mass is 35.5. The smallest absolute Gasteiger partial charge is 0.251 e. The van der Waals surface area contributed by atoms with Gasteiger partial charge in [0.05, 0.1) is 0 Å². The highest BCUT2D eigenvalue weighted by Crippen LogP contribution is 2.12. The highest BCUT2D eigenvalue weighted by molar-refractivity contribution is 6.64. The van der Waals surface area contributed by atoms with Crippen LogP contribution in [0.3, 0.4) is 0 Å². The SMILES string of the molecule is CC(C)C(NC(=O)c1cccc(Cl)c1)C(=O)Cl. The summed E-state index contributed by atoms with van der Waals surface area (Å²) >= 11 is 11.2. The van der Waals surface area contributed by atoms with E-state index < -0.39 is 11.3 Å². The van der Waals surface area contributed by atoms with Gasteiger partial charge in [-0.3, -0.25) is 9.59 Å². The first-order valence-corrected chi connectivity index (χ1v) is 5.93. The molecule has 0 fully saturated rings. The van der Waals surface area contributed by atoms with Crippen LogP contribution in [-0.4, -0.2) is 17.2 Å². The van der Waals surface area contributed by atoms with Crippen LogP contribution in [0.15, 0.2) is 24.3 Å². The third-order valence-corrected chi connectivity index (χ3v) is 2.75. The molecule has 17 heavy (non-hydrogen) atoms. The van der Waals surface area contributed by atoms with Gasteiger partial charge >= 0.3 is 0 Å². The molecule has 92 valence electrons. The van der Waals surface area contributed by atoms with Crippen molar-refractivity contribution < 1.29 is 9.59 Å². The number of hydrogen-bond acceptors (Lipinski definition) is 2. The minimum absolute atomic E-state index is 0.0665. The van der Waals surface area contributed by atoms with E-state index in [2.05, 4.69) is 5.32 Å². The summed E-state index contributed by atoms with van der Waals surface area (Å²) < 4.78 is 0. The summed E-state index contributed by atoms with van der Waals surface area (Å²) in [6.07, 6.45) is 0. The number of nitrogens with one attached hydrogen (secondary N) is 1. The average molecular weight is 274 g/mol. The van der Waals surface area contributed by atoms with E-state index in [4.69, 9.17) is 23.2 Å². The lowest BCUT2D eigenvalue weighted by Crippen LogP contribution is -2.42. The number of carbonyl (C=O) groups excluding carboxylic acids is 2. The zero-order chi connectivity index (χ0) is 13.0. The molecule has 5 heteroatoms. The number of benzene rings is 1. The molecule has 1 amide bonds. The van der Waals surface area contributed by atoms with Crippen molar-refractivity contribution in [3.63, 3.8) is 0 Å². The fourth-order valence-electron chi connectivity index (χ4n) is 1.34. The molecule has 0 saturated heterocycles. The van der Waals surface area contributed by atoms with Gasteiger partial charge in [0, 0.05) is 10.6 Å². The minimum Gasteiger partial charge on any atom is -0.341 e. The number of hydrogen-bond donors (Lipinski definition) is 1. The van der Waals surface area contributed by atoms with Gasteiger partial charge in [-0.25, -0.2) is 0 Å². The van der Waals surface area contributed by atoms with Crippen molar-refractivity contribution in [3.8, 4) is 0 Å². The Morgan fingerprint density at radius 1 is 1.29 bits per heavy atom. The number of rotatable bonds is 4. The highest BCUT2D eigenvalue weighted by Gasteiger charge is 2.22. The van der Waals surface area contributed by atoms with Crippen molar-refractivity contribution in [1.82, 2.24) is 5.32 Å². The van der Waals surface area contributed by atoms with Crippen molar-refractivity contribution in [1.29, 1.82) is 0 Å². The second-order valence-electron chi connectivity index (χ2n) is 4.01. The molecule has 1 N–H and O–H groups in total. The molecular weight excluding hydrogens is 261 g/mol. The standard InChI is InChI=1S/C12H13Cl2NO2/c1-7(2)10(11(14)16)15-12(17)8-4-3-5-9(13)6-8/h3-7,10H,1-2H3,(H,15,17). The third kappa shape index (κ3) is 4.02. The summed E-state index contributed by atoms with van der Waals surface area (Å²) in [4.78, 5) is 23.0. The van der Waals surface area contributed by atoms with Crippen LogP contribution >= 0.6 is 23.2 Å². The molecule has 0 aliphatic carbocycles. The molecule has 0 aliphatic heterocycles. The van der Waals surface area contributed by atoms with Crippen molar-refractivity contribution in [2.24, 2.45) is 5.92 Å². The van der Waals surface area contributed by atoms with Gasteiger partial charge in [-0.1, -0.05) is 31.5 Å². The van der Waals surface area contributed by atoms with Crippen LogP contribution in [0.1, 0.15) is 24.2 Å². The lowest BCUT2D eigenvalue weighted by molar-refractivity contribution is -0.114. The van der Waals surface area contributed by atoms with Gasteiger partial charge in [-0.05, 0) is 35.7 Å². The maximum atomic E-state index is 11.8. The summed E-state index contributed by atoms with van der Waals surface area (Å²) in [6, 6.07) is 5.81. The molecule has 0 bridgehead atoms. The second-order valence-corrected chi connectivity index (χ2v) is 4.82. The van der Waals surface area contributed by atoms with E-state index in [1.54, 1.807) is 18.2 Å². The molecule has 1 unspecified atom stereocenters. The molecule has 0 saturated carbocycles. The van der Waals surface area contributed by atoms with E-state index in [1.807, 2.05) is 13.8 Å². The lowest BCUT2D eigenvalue weighted by atomic mass is 10.1. The van der Waals surface area contributed by atoms with Gasteiger partial charge in [0.15, 0.2) is 0 Å². The van der Waals surface area contributed by atoms with Crippen molar-refractivity contribution in [2.45, 2.75) is 19.9 Å². The van der Waals surface area contributed by atoms with Crippen LogP contribution in [0.4, 0.5) is 0 Å². The third-order valence-electron chi connectivity index (χ3n) is 2.28. The van der Waals surface area contributed by atoms with Gasteiger partial charge in [0.1, 0.15) is 6.04 Å². The molecule has 0 spiro atoms. The first-order chi connectivity index (χ1) is 7.91. The van der Waals surface area contributed by atoms with Crippen LogP contribution in [0.2, 0.25) is 5.02 Å². The van der Waals surface area contributed by atoms with Crippen molar-refractivity contribution in [3.05, 3.63) is 34.9 Å². The van der Waals surface area contributed by atoms with Gasteiger partial charge in [0.2, 0.25) is 5.24 Å². The van der Waals surface area contributed by atoms with Crippen LogP contribution < -0.4 is 5.32 Å². The Bertz CT molecular complexity index is 432.